The Morgan fingerprint density at radius 1 is 0.726 bits per heavy atom. The van der Waals surface area contributed by atoms with Crippen LogP contribution in [0.3, 0.4) is 0 Å². The number of anilines is 2. The van der Waals surface area contributed by atoms with Crippen LogP contribution in [0, 0.1) is 24.0 Å². The molecule has 5 heterocycles. The highest BCUT2D eigenvalue weighted by atomic mass is 35.5. The highest BCUT2D eigenvalue weighted by Gasteiger charge is 2.56. The molecule has 1 fully saturated rings. The highest BCUT2D eigenvalue weighted by molar-refractivity contribution is 7.18. The van der Waals surface area contributed by atoms with E-state index in [9.17, 15) is 43.7 Å². The van der Waals surface area contributed by atoms with Crippen molar-refractivity contribution in [2.45, 2.75) is 96.4 Å². The Labute approximate surface area is 434 Å². The number of carbonyl (C=O) groups excluding carboxylic acids is 7. The van der Waals surface area contributed by atoms with Gasteiger partial charge in [0.05, 0.1) is 32.8 Å². The minimum absolute atomic E-state index is 0.0225. The largest absolute Gasteiger partial charge is 0.519 e. The number of amides is 2. The van der Waals surface area contributed by atoms with Crippen molar-refractivity contribution in [3.63, 3.8) is 0 Å². The SMILES string of the molecule is COC(=O)[C@H]1O[C@@H](Oc2cc3c(c4c(C)csc24)[C@H](CCl)CN3C(=O)CCCC(=O)N2C[C@@H](CCl)c3c2cc(OC(=O)Oc2ccc([N+](=O)[O-])cc2)c2scc(C)c32)[C@H](OC(C)=O)[C@@H](OC(C)=O)[C@@H]1OC(C)=O. The average molecular weight is 1080 g/mol. The smallest absolute Gasteiger partial charge is 0.467 e. The predicted molar refractivity (Wildman–Crippen MR) is 266 cm³/mol. The number of nitro benzene ring substituents is 1. The van der Waals surface area contributed by atoms with Crippen LogP contribution in [0.4, 0.5) is 21.9 Å². The van der Waals surface area contributed by atoms with Crippen molar-refractivity contribution in [2.75, 3.05) is 41.8 Å². The van der Waals surface area contributed by atoms with Gasteiger partial charge in [0.2, 0.25) is 24.2 Å². The molecule has 73 heavy (non-hydrogen) atoms. The fourth-order valence-electron chi connectivity index (χ4n) is 9.50. The Hall–Kier alpha value is -6.59. The summed E-state index contributed by atoms with van der Waals surface area (Å²) in [6.07, 6.45) is -9.26. The molecule has 0 unspecified atom stereocenters. The van der Waals surface area contributed by atoms with Crippen molar-refractivity contribution in [2.24, 2.45) is 0 Å². The molecule has 2 amide bonds. The van der Waals surface area contributed by atoms with Crippen molar-refractivity contribution >= 4 is 125 Å². The first kappa shape index (κ1) is 52.7. The number of methoxy groups -OCH3 is 1. The maximum Gasteiger partial charge on any atom is 0.519 e. The number of nitro groups is 1. The van der Waals surface area contributed by atoms with E-state index in [-0.39, 0.29) is 90.7 Å². The fraction of sp³-hybridized carbons (Fsp3) is 0.408. The molecule has 0 aliphatic carbocycles. The normalized spacial score (nSPS) is 21.0. The van der Waals surface area contributed by atoms with Crippen LogP contribution in [0.2, 0.25) is 0 Å². The predicted octanol–water partition coefficient (Wildman–Crippen LogP) is 8.50. The molecule has 8 rings (SSSR count). The average Bonchev–Trinajstić information content (AvgIpc) is 4.12. The summed E-state index contributed by atoms with van der Waals surface area (Å²) in [5, 5.41) is 16.4. The van der Waals surface area contributed by atoms with Crippen LogP contribution in [0.5, 0.6) is 17.2 Å². The molecule has 0 N–H and O–H groups in total. The number of hydrogen-bond acceptors (Lipinski definition) is 19. The van der Waals surface area contributed by atoms with E-state index in [4.69, 9.17) is 61.1 Å². The molecule has 3 aliphatic heterocycles. The number of hydrogen-bond donors (Lipinski definition) is 0. The number of ether oxygens (including phenoxy) is 8. The zero-order chi connectivity index (χ0) is 52.6. The Morgan fingerprint density at radius 2 is 1.22 bits per heavy atom. The minimum atomic E-state index is -1.71. The molecular weight excluding hydrogens is 1040 g/mol. The zero-order valence-corrected chi connectivity index (χ0v) is 43.1. The quantitative estimate of drug-likeness (QED) is 0.0238. The fourth-order valence-corrected chi connectivity index (χ4v) is 12.0. The zero-order valence-electron chi connectivity index (χ0n) is 40.0. The lowest BCUT2D eigenvalue weighted by atomic mass is 9.96. The van der Waals surface area contributed by atoms with Crippen LogP contribution in [0.15, 0.2) is 47.2 Å². The number of halogens is 2. The van der Waals surface area contributed by atoms with Crippen molar-refractivity contribution in [3.8, 4) is 17.2 Å². The van der Waals surface area contributed by atoms with Gasteiger partial charge in [-0.2, -0.15) is 0 Å². The number of thiophene rings is 2. The number of nitrogens with zero attached hydrogens (tertiary/aromatic N) is 3. The molecule has 0 bridgehead atoms. The lowest BCUT2D eigenvalue weighted by Crippen LogP contribution is -2.64. The number of benzene rings is 3. The van der Waals surface area contributed by atoms with Gasteiger partial charge in [0.1, 0.15) is 11.5 Å². The topological polar surface area (TPSA) is 243 Å². The second-order valence-corrected chi connectivity index (χ2v) is 19.8. The lowest BCUT2D eigenvalue weighted by Gasteiger charge is -2.43. The molecule has 0 spiro atoms. The molecule has 386 valence electrons. The molecule has 24 heteroatoms. The van der Waals surface area contributed by atoms with Crippen LogP contribution in [0.25, 0.3) is 20.2 Å². The Morgan fingerprint density at radius 3 is 1.71 bits per heavy atom. The summed E-state index contributed by atoms with van der Waals surface area (Å²) in [5.41, 5.74) is 4.09. The number of aryl methyl sites for hydroxylation is 2. The summed E-state index contributed by atoms with van der Waals surface area (Å²) in [4.78, 5) is 106. The first-order valence-corrected chi connectivity index (χ1v) is 25.5. The molecule has 0 radical (unpaired) electrons. The molecule has 0 saturated carbocycles. The Kier molecular flexibility index (Phi) is 15.8. The molecule has 5 aromatic rings. The maximum absolute atomic E-state index is 14.4. The summed E-state index contributed by atoms with van der Waals surface area (Å²) in [7, 11) is 1.08. The number of carbonyl (C=O) groups is 7. The van der Waals surface area contributed by atoms with Gasteiger partial charge in [-0.3, -0.25) is 34.1 Å². The third kappa shape index (κ3) is 10.6. The first-order valence-electron chi connectivity index (χ1n) is 22.7. The van der Waals surface area contributed by atoms with E-state index in [1.807, 2.05) is 24.6 Å². The maximum atomic E-state index is 14.4. The van der Waals surface area contributed by atoms with Crippen molar-refractivity contribution < 1.29 is 76.4 Å². The standard InChI is InChI=1S/C49H47Cl2N3O17S2/c1-22-20-72-45-33(69-48-44(67-26(5)57)42(66-25(4)56)41(65-24(3)55)43(71-48)47(60)64-6)14-31-39(37(22)45)27(16-50)18-52(31)35(58)8-7-9-36(59)53-19-28(17-51)40-32(53)15-34(46-38(40)23(2)21-73-46)70-49(61)68-30-12-10-29(11-13-30)54(62)63/h10-15,20-21,27-28,41-44,48H,7-9,16-19H2,1-6H3/t27-,28-,41+,42+,43+,44-,48-/m1/s1. The molecular formula is C49H47Cl2N3O17S2. The van der Waals surface area contributed by atoms with Crippen LogP contribution in [-0.4, -0.2) is 109 Å². The van der Waals surface area contributed by atoms with Gasteiger partial charge in [-0.15, -0.1) is 45.9 Å². The molecule has 2 aromatic heterocycles. The van der Waals surface area contributed by atoms with E-state index in [1.165, 1.54) is 46.9 Å². The van der Waals surface area contributed by atoms with Crippen molar-refractivity contribution in [3.05, 3.63) is 79.5 Å². The van der Waals surface area contributed by atoms with Crippen LogP contribution < -0.4 is 24.0 Å². The van der Waals surface area contributed by atoms with Gasteiger partial charge in [-0.25, -0.2) is 9.59 Å². The summed E-state index contributed by atoms with van der Waals surface area (Å²) in [6, 6.07) is 8.13. The summed E-state index contributed by atoms with van der Waals surface area (Å²) < 4.78 is 46.4. The molecule has 3 aliphatic rings. The number of esters is 4. The summed E-state index contributed by atoms with van der Waals surface area (Å²) in [5.74, 6) is -4.14. The van der Waals surface area contributed by atoms with Gasteiger partial charge < -0.3 is 47.7 Å². The van der Waals surface area contributed by atoms with E-state index in [0.717, 1.165) is 60.9 Å². The second kappa shape index (κ2) is 21.9. The molecule has 3 aromatic carbocycles. The van der Waals surface area contributed by atoms with Crippen molar-refractivity contribution in [1.82, 2.24) is 0 Å². The van der Waals surface area contributed by atoms with Crippen molar-refractivity contribution in [1.29, 1.82) is 0 Å². The lowest BCUT2D eigenvalue weighted by molar-refractivity contribution is -0.384. The van der Waals surface area contributed by atoms with Gasteiger partial charge in [-0.1, -0.05) is 0 Å². The van der Waals surface area contributed by atoms with Gasteiger partial charge >= 0.3 is 30.0 Å². The summed E-state index contributed by atoms with van der Waals surface area (Å²) in [6.45, 7) is 7.46. The van der Waals surface area contributed by atoms with E-state index in [1.54, 1.807) is 21.9 Å². The molecule has 20 nitrogen and oxygen atoms in total. The van der Waals surface area contributed by atoms with E-state index >= 15 is 0 Å². The van der Waals surface area contributed by atoms with Crippen LogP contribution in [-0.2, 0) is 52.5 Å². The van der Waals surface area contributed by atoms with Gasteiger partial charge in [0, 0.05) is 105 Å². The monoisotopic (exact) mass is 1080 g/mol. The Balaban J connectivity index is 1.04. The highest BCUT2D eigenvalue weighted by Crippen LogP contribution is 2.51. The second-order valence-electron chi connectivity index (χ2n) is 17.4. The van der Waals surface area contributed by atoms with Gasteiger partial charge in [-0.05, 0) is 65.4 Å². The summed E-state index contributed by atoms with van der Waals surface area (Å²) >= 11 is 15.8. The van der Waals surface area contributed by atoms with E-state index in [0.29, 0.717) is 20.8 Å². The third-order valence-corrected chi connectivity index (χ3v) is 15.5. The third-order valence-electron chi connectivity index (χ3n) is 12.5. The number of non-ortho nitro benzene ring substituents is 1. The first-order chi connectivity index (χ1) is 34.8. The van der Waals surface area contributed by atoms with E-state index < -0.39 is 65.7 Å². The molecule has 7 atom stereocenters. The minimum Gasteiger partial charge on any atom is -0.467 e. The van der Waals surface area contributed by atoms with Gasteiger partial charge in [0.25, 0.3) is 5.69 Å². The number of alkyl halides is 2. The van der Waals surface area contributed by atoms with Crippen LogP contribution >= 0.6 is 45.9 Å². The molecule has 1 saturated heterocycles. The number of rotatable bonds is 15. The Bertz CT molecular complexity index is 3050. The number of fused-ring (bicyclic) bond motifs is 6. The van der Waals surface area contributed by atoms with Crippen LogP contribution in [0.1, 0.15) is 74.1 Å². The van der Waals surface area contributed by atoms with Gasteiger partial charge in [0.15, 0.2) is 24.1 Å². The van der Waals surface area contributed by atoms with E-state index in [2.05, 4.69) is 0 Å².